The molecule has 0 saturated carbocycles. The Labute approximate surface area is 81.6 Å². The van der Waals surface area contributed by atoms with Crippen LogP contribution in [0.1, 0.15) is 18.1 Å². The summed E-state index contributed by atoms with van der Waals surface area (Å²) in [5.41, 5.74) is 4.19. The van der Waals surface area contributed by atoms with Gasteiger partial charge in [-0.25, -0.2) is 0 Å². The number of hydrogen-bond acceptors (Lipinski definition) is 2. The Balaban J connectivity index is 2.50. The number of aliphatic imine (C=N–C) groups is 1. The number of allylic oxidation sites excluding steroid dienone is 1. The van der Waals surface area contributed by atoms with E-state index < -0.39 is 0 Å². The van der Waals surface area contributed by atoms with Crippen LogP contribution < -0.4 is 0 Å². The van der Waals surface area contributed by atoms with E-state index in [0.717, 1.165) is 22.2 Å². The fourth-order valence-electron chi connectivity index (χ4n) is 1.79. The highest BCUT2D eigenvalue weighted by molar-refractivity contribution is 6.03. The number of furan rings is 1. The monoisotopic (exact) mass is 183 g/mol. The van der Waals surface area contributed by atoms with Gasteiger partial charge in [-0.2, -0.15) is 0 Å². The minimum Gasteiger partial charge on any atom is -0.464 e. The molecule has 2 nitrogen and oxygen atoms in total. The minimum atomic E-state index is 0.926. The average Bonchev–Trinajstić information content (AvgIpc) is 2.51. The highest BCUT2D eigenvalue weighted by Crippen LogP contribution is 2.27. The normalized spacial score (nSPS) is 14.2. The Morgan fingerprint density at radius 1 is 1.21 bits per heavy atom. The summed E-state index contributed by atoms with van der Waals surface area (Å²) in [4.78, 5) is 4.31. The van der Waals surface area contributed by atoms with Crippen LogP contribution in [0.15, 0.2) is 39.6 Å². The summed E-state index contributed by atoms with van der Waals surface area (Å²) >= 11 is 0. The molecule has 2 aromatic rings. The molecule has 68 valence electrons. The van der Waals surface area contributed by atoms with Crippen molar-refractivity contribution < 1.29 is 4.42 Å². The van der Waals surface area contributed by atoms with Gasteiger partial charge in [-0.15, -0.1) is 0 Å². The first kappa shape index (κ1) is 7.56. The van der Waals surface area contributed by atoms with Gasteiger partial charge in [0.15, 0.2) is 0 Å². The molecule has 1 aliphatic rings. The van der Waals surface area contributed by atoms with Crippen molar-refractivity contribution in [1.82, 2.24) is 0 Å². The van der Waals surface area contributed by atoms with Crippen molar-refractivity contribution in [3.63, 3.8) is 0 Å². The van der Waals surface area contributed by atoms with E-state index in [1.165, 1.54) is 5.56 Å². The van der Waals surface area contributed by atoms with Crippen LogP contribution in [0.25, 0.3) is 17.0 Å². The second kappa shape index (κ2) is 2.58. The van der Waals surface area contributed by atoms with E-state index in [0.29, 0.717) is 0 Å². The van der Waals surface area contributed by atoms with Gasteiger partial charge in [0, 0.05) is 22.9 Å². The van der Waals surface area contributed by atoms with Crippen LogP contribution in [-0.4, -0.2) is 6.21 Å². The third-order valence-electron chi connectivity index (χ3n) is 2.43. The van der Waals surface area contributed by atoms with E-state index in [9.17, 15) is 0 Å². The second-order valence-electron chi connectivity index (χ2n) is 3.46. The van der Waals surface area contributed by atoms with Gasteiger partial charge < -0.3 is 4.42 Å². The summed E-state index contributed by atoms with van der Waals surface area (Å²) in [5, 5.41) is 1.16. The number of hydrogen-bond donors (Lipinski definition) is 0. The lowest BCUT2D eigenvalue weighted by molar-refractivity contribution is 0.615. The van der Waals surface area contributed by atoms with Crippen molar-refractivity contribution in [3.05, 3.63) is 41.3 Å². The Morgan fingerprint density at radius 3 is 3.07 bits per heavy atom. The van der Waals surface area contributed by atoms with Crippen LogP contribution in [0.4, 0.5) is 0 Å². The molecule has 0 aliphatic carbocycles. The summed E-state index contributed by atoms with van der Waals surface area (Å²) in [6, 6.07) is 6.06. The van der Waals surface area contributed by atoms with Gasteiger partial charge in [-0.1, -0.05) is 12.1 Å². The maximum absolute atomic E-state index is 5.43. The van der Waals surface area contributed by atoms with Gasteiger partial charge in [0.1, 0.15) is 11.8 Å². The molecule has 0 unspecified atom stereocenters. The lowest BCUT2D eigenvalue weighted by Gasteiger charge is -1.95. The van der Waals surface area contributed by atoms with Gasteiger partial charge in [-0.05, 0) is 24.6 Å². The van der Waals surface area contributed by atoms with Crippen molar-refractivity contribution in [2.24, 2.45) is 4.99 Å². The highest BCUT2D eigenvalue weighted by Gasteiger charge is 2.09. The standard InChI is InChI=1S/C12H9NO/c1-8-5-9-3-2-4-11-12(9)10(6-13-8)7-14-11/h2-7H,1H3. The molecule has 0 N–H and O–H groups in total. The molecule has 0 radical (unpaired) electrons. The molecular formula is C12H9NO. The number of rotatable bonds is 0. The lowest BCUT2D eigenvalue weighted by atomic mass is 10.1. The Morgan fingerprint density at radius 2 is 2.14 bits per heavy atom. The van der Waals surface area contributed by atoms with Crippen molar-refractivity contribution in [2.45, 2.75) is 6.92 Å². The number of benzene rings is 1. The lowest BCUT2D eigenvalue weighted by Crippen LogP contribution is -1.77. The quantitative estimate of drug-likeness (QED) is 0.615. The second-order valence-corrected chi connectivity index (χ2v) is 3.46. The summed E-state index contributed by atoms with van der Waals surface area (Å²) < 4.78 is 5.43. The third-order valence-corrected chi connectivity index (χ3v) is 2.43. The number of nitrogens with zero attached hydrogens (tertiary/aromatic N) is 1. The molecule has 0 spiro atoms. The first-order valence-corrected chi connectivity index (χ1v) is 4.57. The zero-order chi connectivity index (χ0) is 9.54. The molecule has 0 fully saturated rings. The maximum Gasteiger partial charge on any atom is 0.135 e. The fourth-order valence-corrected chi connectivity index (χ4v) is 1.79. The first-order valence-electron chi connectivity index (χ1n) is 4.57. The van der Waals surface area contributed by atoms with Crippen molar-refractivity contribution >= 4 is 23.3 Å². The van der Waals surface area contributed by atoms with Gasteiger partial charge in [0.25, 0.3) is 0 Å². The molecule has 0 amide bonds. The highest BCUT2D eigenvalue weighted by atomic mass is 16.3. The van der Waals surface area contributed by atoms with Crippen molar-refractivity contribution in [2.75, 3.05) is 0 Å². The van der Waals surface area contributed by atoms with E-state index in [1.807, 2.05) is 25.3 Å². The molecule has 0 saturated heterocycles. The van der Waals surface area contributed by atoms with Crippen LogP contribution in [-0.2, 0) is 0 Å². The van der Waals surface area contributed by atoms with Crippen LogP contribution >= 0.6 is 0 Å². The van der Waals surface area contributed by atoms with Crippen molar-refractivity contribution in [1.29, 1.82) is 0 Å². The smallest absolute Gasteiger partial charge is 0.135 e. The Kier molecular flexibility index (Phi) is 1.39. The molecular weight excluding hydrogens is 174 g/mol. The van der Waals surface area contributed by atoms with Crippen LogP contribution in [0, 0.1) is 0 Å². The van der Waals surface area contributed by atoms with Gasteiger partial charge in [0.05, 0.1) is 0 Å². The van der Waals surface area contributed by atoms with Crippen LogP contribution in [0.2, 0.25) is 0 Å². The summed E-state index contributed by atoms with van der Waals surface area (Å²) in [5.74, 6) is 0. The molecule has 2 heterocycles. The third kappa shape index (κ3) is 0.940. The maximum atomic E-state index is 5.43. The van der Waals surface area contributed by atoms with Gasteiger partial charge >= 0.3 is 0 Å². The van der Waals surface area contributed by atoms with Crippen molar-refractivity contribution in [3.8, 4) is 0 Å². The molecule has 3 rings (SSSR count). The molecule has 1 aromatic carbocycles. The zero-order valence-electron chi connectivity index (χ0n) is 7.82. The topological polar surface area (TPSA) is 25.5 Å². The molecule has 1 aliphatic heterocycles. The first-order chi connectivity index (χ1) is 6.84. The average molecular weight is 183 g/mol. The SMILES string of the molecule is CC1=Cc2cccc3occ(c23)C=N1. The van der Waals surface area contributed by atoms with Gasteiger partial charge in [-0.3, -0.25) is 4.99 Å². The Bertz CT molecular complexity index is 561. The molecule has 0 bridgehead atoms. The predicted molar refractivity (Wildman–Crippen MR) is 57.5 cm³/mol. The fraction of sp³-hybridized carbons (Fsp3) is 0.0833. The molecule has 1 aromatic heterocycles. The Hall–Kier alpha value is -1.83. The van der Waals surface area contributed by atoms with Crippen LogP contribution in [0.3, 0.4) is 0 Å². The van der Waals surface area contributed by atoms with E-state index in [-0.39, 0.29) is 0 Å². The zero-order valence-corrected chi connectivity index (χ0v) is 7.82. The molecule has 14 heavy (non-hydrogen) atoms. The summed E-state index contributed by atoms with van der Waals surface area (Å²) in [6.07, 6.45) is 5.68. The van der Waals surface area contributed by atoms with E-state index in [2.05, 4.69) is 17.1 Å². The van der Waals surface area contributed by atoms with E-state index >= 15 is 0 Å². The van der Waals surface area contributed by atoms with Gasteiger partial charge in [0.2, 0.25) is 0 Å². The van der Waals surface area contributed by atoms with E-state index in [1.54, 1.807) is 6.26 Å². The summed E-state index contributed by atoms with van der Waals surface area (Å²) in [6.45, 7) is 2.00. The summed E-state index contributed by atoms with van der Waals surface area (Å²) in [7, 11) is 0. The largest absolute Gasteiger partial charge is 0.464 e. The predicted octanol–water partition coefficient (Wildman–Crippen LogP) is 3.23. The van der Waals surface area contributed by atoms with E-state index in [4.69, 9.17) is 4.42 Å². The molecule has 0 atom stereocenters. The molecule has 2 heteroatoms. The van der Waals surface area contributed by atoms with Crippen LogP contribution in [0.5, 0.6) is 0 Å². The minimum absolute atomic E-state index is 0.926.